The van der Waals surface area contributed by atoms with Crippen LogP contribution in [0.2, 0.25) is 0 Å². The van der Waals surface area contributed by atoms with E-state index in [0.717, 1.165) is 36.3 Å². The molecule has 17 heavy (non-hydrogen) atoms. The van der Waals surface area contributed by atoms with Crippen LogP contribution in [0.3, 0.4) is 0 Å². The molecule has 0 saturated carbocycles. The highest BCUT2D eigenvalue weighted by atomic mass is 16.5. The molecule has 1 N–H and O–H groups in total. The highest BCUT2D eigenvalue weighted by Crippen LogP contribution is 2.43. The van der Waals surface area contributed by atoms with Gasteiger partial charge in [-0.1, -0.05) is 6.92 Å². The molecular weight excluding hydrogens is 216 g/mol. The Balaban J connectivity index is 2.08. The second-order valence-corrected chi connectivity index (χ2v) is 4.97. The van der Waals surface area contributed by atoms with Gasteiger partial charge in [-0.25, -0.2) is 0 Å². The molecule has 1 aromatic rings. The van der Waals surface area contributed by atoms with Gasteiger partial charge in [-0.2, -0.15) is 0 Å². The number of ether oxygens (including phenoxy) is 2. The third-order valence-corrected chi connectivity index (χ3v) is 3.72. The summed E-state index contributed by atoms with van der Waals surface area (Å²) < 4.78 is 11.4. The van der Waals surface area contributed by atoms with Crippen molar-refractivity contribution in [3.8, 4) is 11.5 Å². The molecule has 0 fully saturated rings. The zero-order valence-electron chi connectivity index (χ0n) is 10.1. The molecule has 2 unspecified atom stereocenters. The zero-order chi connectivity index (χ0) is 11.8. The first-order chi connectivity index (χ1) is 8.25. The average molecular weight is 234 g/mol. The molecule has 3 rings (SSSR count). The summed E-state index contributed by atoms with van der Waals surface area (Å²) in [6.45, 7) is 3.61. The van der Waals surface area contributed by atoms with E-state index in [2.05, 4.69) is 13.0 Å². The van der Waals surface area contributed by atoms with Crippen molar-refractivity contribution in [1.29, 1.82) is 0 Å². The van der Waals surface area contributed by atoms with E-state index in [0.29, 0.717) is 19.1 Å². The molecule has 1 aromatic carbocycles. The van der Waals surface area contributed by atoms with Gasteiger partial charge in [-0.05, 0) is 42.0 Å². The molecule has 2 aliphatic rings. The van der Waals surface area contributed by atoms with Crippen molar-refractivity contribution in [2.45, 2.75) is 38.2 Å². The predicted octanol–water partition coefficient (Wildman–Crippen LogP) is 2.78. The smallest absolute Gasteiger partial charge is 0.161 e. The minimum absolute atomic E-state index is 0.349. The minimum Gasteiger partial charge on any atom is -0.490 e. The van der Waals surface area contributed by atoms with E-state index in [9.17, 15) is 5.11 Å². The van der Waals surface area contributed by atoms with Crippen molar-refractivity contribution in [1.82, 2.24) is 0 Å². The van der Waals surface area contributed by atoms with Crippen molar-refractivity contribution < 1.29 is 14.6 Å². The quantitative estimate of drug-likeness (QED) is 0.750. The van der Waals surface area contributed by atoms with E-state index >= 15 is 0 Å². The summed E-state index contributed by atoms with van der Waals surface area (Å²) in [5.74, 6) is 2.11. The molecule has 92 valence electrons. The van der Waals surface area contributed by atoms with Crippen LogP contribution in [0.1, 0.15) is 49.3 Å². The van der Waals surface area contributed by atoms with Gasteiger partial charge in [-0.3, -0.25) is 0 Å². The minimum atomic E-state index is -0.349. The number of hydrogen-bond acceptors (Lipinski definition) is 3. The SMILES string of the molecule is CC1CCC(O)c2cc3c(cc21)OCCCO3. The van der Waals surface area contributed by atoms with Gasteiger partial charge in [0.2, 0.25) is 0 Å². The van der Waals surface area contributed by atoms with Gasteiger partial charge in [0.25, 0.3) is 0 Å². The van der Waals surface area contributed by atoms with Gasteiger partial charge < -0.3 is 14.6 Å². The molecular formula is C14H18O3. The highest BCUT2D eigenvalue weighted by molar-refractivity contribution is 5.50. The van der Waals surface area contributed by atoms with Crippen LogP contribution in [-0.2, 0) is 0 Å². The number of aliphatic hydroxyl groups is 1. The van der Waals surface area contributed by atoms with Crippen LogP contribution in [0.4, 0.5) is 0 Å². The molecule has 0 bridgehead atoms. The van der Waals surface area contributed by atoms with Crippen molar-refractivity contribution in [2.75, 3.05) is 13.2 Å². The van der Waals surface area contributed by atoms with E-state index in [4.69, 9.17) is 9.47 Å². The lowest BCUT2D eigenvalue weighted by atomic mass is 9.82. The Morgan fingerprint density at radius 2 is 1.71 bits per heavy atom. The molecule has 1 aliphatic carbocycles. The van der Waals surface area contributed by atoms with Crippen LogP contribution in [0.5, 0.6) is 11.5 Å². The first-order valence-corrected chi connectivity index (χ1v) is 6.37. The maximum atomic E-state index is 10.1. The number of benzene rings is 1. The Hall–Kier alpha value is -1.22. The van der Waals surface area contributed by atoms with E-state index in [1.54, 1.807) is 0 Å². The molecule has 1 aliphatic heterocycles. The summed E-state index contributed by atoms with van der Waals surface area (Å²) in [6.07, 6.45) is 2.44. The summed E-state index contributed by atoms with van der Waals surface area (Å²) in [6, 6.07) is 4.03. The number of aliphatic hydroxyl groups excluding tert-OH is 1. The van der Waals surface area contributed by atoms with Gasteiger partial charge in [0.15, 0.2) is 11.5 Å². The Morgan fingerprint density at radius 1 is 1.06 bits per heavy atom. The number of hydrogen-bond donors (Lipinski definition) is 1. The fourth-order valence-corrected chi connectivity index (χ4v) is 2.67. The molecule has 0 spiro atoms. The van der Waals surface area contributed by atoms with Crippen LogP contribution in [0, 0.1) is 0 Å². The molecule has 0 radical (unpaired) electrons. The van der Waals surface area contributed by atoms with Crippen LogP contribution >= 0.6 is 0 Å². The Labute approximate surface area is 101 Å². The van der Waals surface area contributed by atoms with Gasteiger partial charge in [0.05, 0.1) is 19.3 Å². The zero-order valence-corrected chi connectivity index (χ0v) is 10.1. The third kappa shape index (κ3) is 1.89. The number of fused-ring (bicyclic) bond motifs is 2. The fraction of sp³-hybridized carbons (Fsp3) is 0.571. The van der Waals surface area contributed by atoms with E-state index < -0.39 is 0 Å². The van der Waals surface area contributed by atoms with Crippen LogP contribution in [0.25, 0.3) is 0 Å². The second-order valence-electron chi connectivity index (χ2n) is 4.97. The van der Waals surface area contributed by atoms with Crippen LogP contribution in [-0.4, -0.2) is 18.3 Å². The molecule has 0 amide bonds. The Kier molecular flexibility index (Phi) is 2.71. The van der Waals surface area contributed by atoms with E-state index in [-0.39, 0.29) is 6.10 Å². The normalized spacial score (nSPS) is 27.2. The summed E-state index contributed by atoms with van der Waals surface area (Å²) in [7, 11) is 0. The topological polar surface area (TPSA) is 38.7 Å². The Bertz CT molecular complexity index is 389. The lowest BCUT2D eigenvalue weighted by molar-refractivity contribution is 0.151. The fourth-order valence-electron chi connectivity index (χ4n) is 2.67. The number of rotatable bonds is 0. The van der Waals surface area contributed by atoms with Crippen molar-refractivity contribution >= 4 is 0 Å². The Morgan fingerprint density at radius 3 is 2.41 bits per heavy atom. The molecule has 0 aromatic heterocycles. The summed E-state index contributed by atoms with van der Waals surface area (Å²) >= 11 is 0. The molecule has 2 atom stereocenters. The van der Waals surface area contributed by atoms with Gasteiger partial charge in [-0.15, -0.1) is 0 Å². The largest absolute Gasteiger partial charge is 0.490 e. The summed E-state index contributed by atoms with van der Waals surface area (Å²) in [5, 5.41) is 10.1. The predicted molar refractivity (Wildman–Crippen MR) is 64.7 cm³/mol. The van der Waals surface area contributed by atoms with E-state index in [1.165, 1.54) is 5.56 Å². The standard InChI is InChI=1S/C14H18O3/c1-9-3-4-12(15)11-8-14-13(7-10(9)11)16-5-2-6-17-14/h7-9,12,15H,2-6H2,1H3. The van der Waals surface area contributed by atoms with Crippen LogP contribution in [0.15, 0.2) is 12.1 Å². The van der Waals surface area contributed by atoms with Gasteiger partial charge >= 0.3 is 0 Å². The summed E-state index contributed by atoms with van der Waals surface area (Å²) in [4.78, 5) is 0. The third-order valence-electron chi connectivity index (χ3n) is 3.72. The summed E-state index contributed by atoms with van der Waals surface area (Å²) in [5.41, 5.74) is 2.24. The molecule has 0 saturated heterocycles. The van der Waals surface area contributed by atoms with Crippen molar-refractivity contribution in [3.05, 3.63) is 23.3 Å². The molecule has 3 heteroatoms. The van der Waals surface area contributed by atoms with E-state index in [1.807, 2.05) is 6.07 Å². The van der Waals surface area contributed by atoms with Gasteiger partial charge in [0.1, 0.15) is 0 Å². The maximum absolute atomic E-state index is 10.1. The first-order valence-electron chi connectivity index (χ1n) is 6.37. The lowest BCUT2D eigenvalue weighted by Gasteiger charge is -2.27. The van der Waals surface area contributed by atoms with Gasteiger partial charge in [0, 0.05) is 6.42 Å². The maximum Gasteiger partial charge on any atom is 0.161 e. The van der Waals surface area contributed by atoms with Crippen molar-refractivity contribution in [3.63, 3.8) is 0 Å². The first kappa shape index (κ1) is 10.9. The lowest BCUT2D eigenvalue weighted by Crippen LogP contribution is -2.13. The van der Waals surface area contributed by atoms with Crippen molar-refractivity contribution in [2.24, 2.45) is 0 Å². The van der Waals surface area contributed by atoms with Crippen LogP contribution < -0.4 is 9.47 Å². The molecule has 3 nitrogen and oxygen atoms in total. The highest BCUT2D eigenvalue weighted by Gasteiger charge is 2.26. The monoisotopic (exact) mass is 234 g/mol. The molecule has 1 heterocycles. The second kappa shape index (κ2) is 4.22. The average Bonchev–Trinajstić information content (AvgIpc) is 2.57.